The molecule has 0 atom stereocenters. The van der Waals surface area contributed by atoms with Crippen molar-refractivity contribution in [3.8, 4) is 0 Å². The zero-order valence-corrected chi connectivity index (χ0v) is 15.5. The summed E-state index contributed by atoms with van der Waals surface area (Å²) in [6.45, 7) is 10.4. The van der Waals surface area contributed by atoms with Gasteiger partial charge in [-0.15, -0.1) is 0 Å². The molecule has 0 radical (unpaired) electrons. The molecule has 0 heterocycles. The number of carboxylic acids is 2. The molecule has 0 spiro atoms. The summed E-state index contributed by atoms with van der Waals surface area (Å²) in [5.41, 5.74) is 2.38. The molecule has 134 valence electrons. The molecule has 1 rings (SSSR count). The Morgan fingerprint density at radius 2 is 1.50 bits per heavy atom. The minimum Gasteiger partial charge on any atom is -0.478 e. The van der Waals surface area contributed by atoms with Gasteiger partial charge in [0, 0.05) is 0 Å². The minimum absolute atomic E-state index is 0.0267. The van der Waals surface area contributed by atoms with Crippen molar-refractivity contribution >= 4 is 11.9 Å². The highest BCUT2D eigenvalue weighted by molar-refractivity contribution is 6.03. The van der Waals surface area contributed by atoms with Crippen LogP contribution in [0.5, 0.6) is 0 Å². The molecular weight excluding hydrogens is 304 g/mol. The summed E-state index contributed by atoms with van der Waals surface area (Å²) in [5, 5.41) is 19.2. The number of rotatable bonds is 8. The molecule has 0 aliphatic carbocycles. The molecule has 24 heavy (non-hydrogen) atoms. The lowest BCUT2D eigenvalue weighted by atomic mass is 9.75. The van der Waals surface area contributed by atoms with Crippen molar-refractivity contribution in [2.45, 2.75) is 78.6 Å². The first kappa shape index (κ1) is 20.2. The lowest BCUT2D eigenvalue weighted by molar-refractivity contribution is 0.0650. The van der Waals surface area contributed by atoms with Crippen LogP contribution in [0.2, 0.25) is 0 Å². The van der Waals surface area contributed by atoms with E-state index in [-0.39, 0.29) is 16.5 Å². The van der Waals surface area contributed by atoms with E-state index < -0.39 is 11.9 Å². The second kappa shape index (κ2) is 8.32. The molecular formula is C20H30O4. The van der Waals surface area contributed by atoms with Crippen LogP contribution < -0.4 is 0 Å². The average molecular weight is 334 g/mol. The number of aryl methyl sites for hydroxylation is 1. The third-order valence-electron chi connectivity index (χ3n) is 4.29. The second-order valence-electron chi connectivity index (χ2n) is 7.38. The predicted octanol–water partition coefficient (Wildman–Crippen LogP) is 5.07. The van der Waals surface area contributed by atoms with Crippen LogP contribution in [0.15, 0.2) is 6.07 Å². The summed E-state index contributed by atoms with van der Waals surface area (Å²) in [4.78, 5) is 23.5. The Hall–Kier alpha value is -1.84. The fourth-order valence-electron chi connectivity index (χ4n) is 3.32. The van der Waals surface area contributed by atoms with E-state index in [2.05, 4.69) is 34.6 Å². The number of aromatic carboxylic acids is 2. The predicted molar refractivity (Wildman–Crippen MR) is 96.3 cm³/mol. The van der Waals surface area contributed by atoms with Crippen LogP contribution in [0.1, 0.15) is 97.7 Å². The fourth-order valence-corrected chi connectivity index (χ4v) is 3.32. The number of carbonyl (C=O) groups is 2. The standard InChI is InChI=1S/C20H30O4/c1-6-8-10-13-12-15(18(21)22)16(19(23)24)14(11-9-7-2)17(13)20(3,4)5/h12H,6-11H2,1-5H3,(H,21,22)(H,23,24). The summed E-state index contributed by atoms with van der Waals surface area (Å²) in [6.07, 6.45) is 5.13. The molecule has 2 N–H and O–H groups in total. The fraction of sp³-hybridized carbons (Fsp3) is 0.600. The van der Waals surface area contributed by atoms with Crippen molar-refractivity contribution in [2.75, 3.05) is 0 Å². The van der Waals surface area contributed by atoms with Gasteiger partial charge in [0.1, 0.15) is 0 Å². The first-order valence-electron chi connectivity index (χ1n) is 8.80. The molecule has 0 amide bonds. The monoisotopic (exact) mass is 334 g/mol. The molecule has 0 aromatic heterocycles. The SMILES string of the molecule is CCCCc1cc(C(=O)O)c(C(=O)O)c(CCCC)c1C(C)(C)C. The van der Waals surface area contributed by atoms with Gasteiger partial charge in [-0.3, -0.25) is 0 Å². The van der Waals surface area contributed by atoms with E-state index in [0.29, 0.717) is 12.0 Å². The number of benzene rings is 1. The number of unbranched alkanes of at least 4 members (excludes halogenated alkanes) is 2. The van der Waals surface area contributed by atoms with Crippen molar-refractivity contribution in [1.82, 2.24) is 0 Å². The van der Waals surface area contributed by atoms with Crippen molar-refractivity contribution in [2.24, 2.45) is 0 Å². The second-order valence-corrected chi connectivity index (χ2v) is 7.38. The Labute approximate surface area is 144 Å². The average Bonchev–Trinajstić information content (AvgIpc) is 2.47. The van der Waals surface area contributed by atoms with Gasteiger partial charge in [-0.05, 0) is 53.9 Å². The van der Waals surface area contributed by atoms with Crippen LogP contribution in [-0.4, -0.2) is 22.2 Å². The van der Waals surface area contributed by atoms with Gasteiger partial charge in [0.05, 0.1) is 11.1 Å². The van der Waals surface area contributed by atoms with Crippen molar-refractivity contribution in [3.05, 3.63) is 33.9 Å². The maximum Gasteiger partial charge on any atom is 0.336 e. The topological polar surface area (TPSA) is 74.6 Å². The maximum absolute atomic E-state index is 11.9. The molecule has 4 nitrogen and oxygen atoms in total. The molecule has 0 fully saturated rings. The molecule has 0 aliphatic heterocycles. The lowest BCUT2D eigenvalue weighted by Gasteiger charge is -2.29. The van der Waals surface area contributed by atoms with Gasteiger partial charge in [0.25, 0.3) is 0 Å². The van der Waals surface area contributed by atoms with Gasteiger partial charge >= 0.3 is 11.9 Å². The van der Waals surface area contributed by atoms with Gasteiger partial charge in [-0.25, -0.2) is 9.59 Å². The molecule has 0 bridgehead atoms. The first-order valence-corrected chi connectivity index (χ1v) is 8.80. The summed E-state index contributed by atoms with van der Waals surface area (Å²) >= 11 is 0. The number of hydrogen-bond donors (Lipinski definition) is 2. The minimum atomic E-state index is -1.16. The van der Waals surface area contributed by atoms with Crippen molar-refractivity contribution in [3.63, 3.8) is 0 Å². The highest BCUT2D eigenvalue weighted by atomic mass is 16.4. The zero-order valence-electron chi connectivity index (χ0n) is 15.5. The largest absolute Gasteiger partial charge is 0.478 e. The smallest absolute Gasteiger partial charge is 0.336 e. The highest BCUT2D eigenvalue weighted by Gasteiger charge is 2.30. The lowest BCUT2D eigenvalue weighted by Crippen LogP contribution is -2.23. The van der Waals surface area contributed by atoms with E-state index in [1.807, 2.05) is 0 Å². The van der Waals surface area contributed by atoms with E-state index in [1.54, 1.807) is 6.07 Å². The van der Waals surface area contributed by atoms with Crippen molar-refractivity contribution in [1.29, 1.82) is 0 Å². The zero-order chi connectivity index (χ0) is 18.5. The van der Waals surface area contributed by atoms with E-state index in [9.17, 15) is 19.8 Å². The molecule has 4 heteroatoms. The summed E-state index contributed by atoms with van der Waals surface area (Å²) in [5.74, 6) is -2.31. The van der Waals surface area contributed by atoms with Crippen LogP contribution in [0.3, 0.4) is 0 Å². The Balaban J connectivity index is 3.80. The normalized spacial score (nSPS) is 11.5. The molecule has 0 saturated heterocycles. The molecule has 0 saturated carbocycles. The van der Waals surface area contributed by atoms with Crippen LogP contribution in [0.25, 0.3) is 0 Å². The third-order valence-corrected chi connectivity index (χ3v) is 4.29. The van der Waals surface area contributed by atoms with Crippen molar-refractivity contribution < 1.29 is 19.8 Å². The van der Waals surface area contributed by atoms with Crippen LogP contribution in [0.4, 0.5) is 0 Å². The third kappa shape index (κ3) is 4.59. The van der Waals surface area contributed by atoms with Gasteiger partial charge in [0.2, 0.25) is 0 Å². The Morgan fingerprint density at radius 1 is 0.958 bits per heavy atom. The maximum atomic E-state index is 11.9. The first-order chi connectivity index (χ1) is 11.1. The van der Waals surface area contributed by atoms with E-state index in [1.165, 1.54) is 0 Å². The molecule has 1 aromatic rings. The molecule has 1 aromatic carbocycles. The van der Waals surface area contributed by atoms with Gasteiger partial charge in [0.15, 0.2) is 0 Å². The number of carboxylic acid groups (broad SMARTS) is 2. The van der Waals surface area contributed by atoms with Gasteiger partial charge in [-0.1, -0.05) is 47.5 Å². The van der Waals surface area contributed by atoms with E-state index >= 15 is 0 Å². The number of hydrogen-bond acceptors (Lipinski definition) is 2. The van der Waals surface area contributed by atoms with E-state index in [4.69, 9.17) is 0 Å². The Bertz CT molecular complexity index is 609. The molecule has 0 unspecified atom stereocenters. The van der Waals surface area contributed by atoms with Crippen LogP contribution in [-0.2, 0) is 18.3 Å². The van der Waals surface area contributed by atoms with E-state index in [0.717, 1.165) is 43.2 Å². The highest BCUT2D eigenvalue weighted by Crippen LogP contribution is 2.35. The summed E-state index contributed by atoms with van der Waals surface area (Å²) in [6, 6.07) is 1.59. The van der Waals surface area contributed by atoms with Gasteiger partial charge in [-0.2, -0.15) is 0 Å². The molecule has 0 aliphatic rings. The quantitative estimate of drug-likeness (QED) is 0.696. The summed E-state index contributed by atoms with van der Waals surface area (Å²) in [7, 11) is 0. The van der Waals surface area contributed by atoms with Crippen LogP contribution in [0, 0.1) is 0 Å². The van der Waals surface area contributed by atoms with Crippen LogP contribution >= 0.6 is 0 Å². The van der Waals surface area contributed by atoms with Gasteiger partial charge < -0.3 is 10.2 Å². The Morgan fingerprint density at radius 3 is 1.92 bits per heavy atom. The Kier molecular flexibility index (Phi) is 7.00. The summed E-state index contributed by atoms with van der Waals surface area (Å²) < 4.78 is 0.